The average Bonchev–Trinajstić information content (AvgIpc) is 3.03. The molecule has 1 aromatic carbocycles. The van der Waals surface area contributed by atoms with Crippen LogP contribution in [0.1, 0.15) is 16.9 Å². The molecule has 0 bridgehead atoms. The fourth-order valence-electron chi connectivity index (χ4n) is 2.17. The number of aromatic nitrogens is 2. The van der Waals surface area contributed by atoms with E-state index in [4.69, 9.17) is 11.6 Å². The van der Waals surface area contributed by atoms with Crippen molar-refractivity contribution in [3.05, 3.63) is 47.1 Å². The molecule has 1 aliphatic rings. The third-order valence-corrected chi connectivity index (χ3v) is 4.76. The van der Waals surface area contributed by atoms with E-state index >= 15 is 0 Å². The molecule has 0 radical (unpaired) electrons. The highest BCUT2D eigenvalue weighted by atomic mass is 35.5. The third-order valence-electron chi connectivity index (χ3n) is 3.32. The van der Waals surface area contributed by atoms with Gasteiger partial charge in [0.2, 0.25) is 0 Å². The van der Waals surface area contributed by atoms with E-state index in [9.17, 15) is 4.79 Å². The van der Waals surface area contributed by atoms with E-state index in [1.54, 1.807) is 12.1 Å². The quantitative estimate of drug-likeness (QED) is 0.865. The number of carbonyl (C=O) groups excluding carboxylic acids is 1. The van der Waals surface area contributed by atoms with Crippen molar-refractivity contribution in [3.8, 4) is 0 Å². The van der Waals surface area contributed by atoms with E-state index in [0.717, 1.165) is 24.4 Å². The van der Waals surface area contributed by atoms with Crippen LogP contribution in [0.2, 0.25) is 5.02 Å². The smallest absolute Gasteiger partial charge is 0.272 e. The molecule has 0 saturated carbocycles. The van der Waals surface area contributed by atoms with Gasteiger partial charge in [0.05, 0.1) is 5.02 Å². The van der Waals surface area contributed by atoms with Crippen LogP contribution >= 0.6 is 35.8 Å². The highest BCUT2D eigenvalue weighted by Crippen LogP contribution is 2.31. The van der Waals surface area contributed by atoms with Crippen molar-refractivity contribution in [1.29, 1.82) is 0 Å². The van der Waals surface area contributed by atoms with Gasteiger partial charge in [-0.3, -0.25) is 4.79 Å². The molecule has 1 aliphatic heterocycles. The summed E-state index contributed by atoms with van der Waals surface area (Å²) in [6, 6.07) is 11.2. The third kappa shape index (κ3) is 4.81. The Kier molecular flexibility index (Phi) is 6.65. The zero-order valence-electron chi connectivity index (χ0n) is 12.2. The maximum absolute atomic E-state index is 12.1. The number of nitrogens with one attached hydrogen (secondary N) is 2. The van der Waals surface area contributed by atoms with Crippen molar-refractivity contribution >= 4 is 41.7 Å². The second-order valence-electron chi connectivity index (χ2n) is 4.95. The summed E-state index contributed by atoms with van der Waals surface area (Å²) in [5, 5.41) is 15.6. The first-order chi connectivity index (χ1) is 10.7. The van der Waals surface area contributed by atoms with Gasteiger partial charge in [-0.2, -0.15) is 0 Å². The van der Waals surface area contributed by atoms with Crippen LogP contribution in [0, 0.1) is 0 Å². The number of hydrogen-bond acceptors (Lipinski definition) is 5. The second-order valence-corrected chi connectivity index (χ2v) is 6.42. The molecule has 1 fully saturated rings. The minimum Gasteiger partial charge on any atom is -0.347 e. The summed E-state index contributed by atoms with van der Waals surface area (Å²) in [6.07, 6.45) is 0.944. The summed E-state index contributed by atoms with van der Waals surface area (Å²) < 4.78 is 0. The van der Waals surface area contributed by atoms with Crippen LogP contribution in [-0.4, -0.2) is 35.2 Å². The molecular formula is C15H16Cl2N4OS. The zero-order chi connectivity index (χ0) is 15.4. The maximum atomic E-state index is 12.1. The lowest BCUT2D eigenvalue weighted by molar-refractivity contribution is 0.0933. The van der Waals surface area contributed by atoms with Gasteiger partial charge in [0.15, 0.2) is 5.69 Å². The van der Waals surface area contributed by atoms with Gasteiger partial charge in [-0.15, -0.1) is 22.6 Å². The molecule has 122 valence electrons. The SMILES string of the molecule is Cl.O=C(NC1CCNC1)c1ccc(Sc2ccccc2Cl)nn1. The lowest BCUT2D eigenvalue weighted by Gasteiger charge is -2.10. The predicted octanol–water partition coefficient (Wildman–Crippen LogP) is 2.79. The van der Waals surface area contributed by atoms with Crippen LogP contribution < -0.4 is 10.6 Å². The minimum absolute atomic E-state index is 0. The molecule has 1 atom stereocenters. The lowest BCUT2D eigenvalue weighted by atomic mass is 10.2. The standard InChI is InChI=1S/C15H15ClN4OS.ClH/c16-11-3-1-2-4-13(11)22-14-6-5-12(19-20-14)15(21)18-10-7-8-17-9-10;/h1-6,10,17H,7-9H2,(H,18,21);1H. The average molecular weight is 371 g/mol. The number of amides is 1. The number of carbonyl (C=O) groups is 1. The summed E-state index contributed by atoms with van der Waals surface area (Å²) in [5.74, 6) is -0.185. The van der Waals surface area contributed by atoms with Crippen LogP contribution in [0.25, 0.3) is 0 Å². The Morgan fingerprint density at radius 3 is 2.74 bits per heavy atom. The number of rotatable bonds is 4. The molecule has 8 heteroatoms. The molecule has 0 aliphatic carbocycles. The summed E-state index contributed by atoms with van der Waals surface area (Å²) >= 11 is 7.53. The van der Waals surface area contributed by atoms with E-state index in [1.807, 2.05) is 24.3 Å². The molecule has 23 heavy (non-hydrogen) atoms. The van der Waals surface area contributed by atoms with E-state index in [0.29, 0.717) is 15.7 Å². The second kappa shape index (κ2) is 8.49. The molecule has 1 amide bonds. The predicted molar refractivity (Wildman–Crippen MR) is 93.6 cm³/mol. The van der Waals surface area contributed by atoms with Crippen LogP contribution in [0.3, 0.4) is 0 Å². The molecular weight excluding hydrogens is 355 g/mol. The van der Waals surface area contributed by atoms with Crippen molar-refractivity contribution in [2.45, 2.75) is 22.4 Å². The molecule has 1 unspecified atom stereocenters. The van der Waals surface area contributed by atoms with Gasteiger partial charge in [0, 0.05) is 17.5 Å². The van der Waals surface area contributed by atoms with Gasteiger partial charge in [-0.25, -0.2) is 0 Å². The Morgan fingerprint density at radius 1 is 1.26 bits per heavy atom. The van der Waals surface area contributed by atoms with Crippen molar-refractivity contribution in [2.75, 3.05) is 13.1 Å². The van der Waals surface area contributed by atoms with E-state index in [2.05, 4.69) is 20.8 Å². The first-order valence-electron chi connectivity index (χ1n) is 7.00. The normalized spacial score (nSPS) is 16.7. The highest BCUT2D eigenvalue weighted by Gasteiger charge is 2.18. The van der Waals surface area contributed by atoms with Crippen LogP contribution in [0.15, 0.2) is 46.3 Å². The topological polar surface area (TPSA) is 66.9 Å². The van der Waals surface area contributed by atoms with Crippen molar-refractivity contribution in [1.82, 2.24) is 20.8 Å². The van der Waals surface area contributed by atoms with E-state index < -0.39 is 0 Å². The Morgan fingerprint density at radius 2 is 2.09 bits per heavy atom. The Balaban J connectivity index is 0.00000192. The van der Waals surface area contributed by atoms with Gasteiger partial charge < -0.3 is 10.6 Å². The minimum atomic E-state index is -0.185. The first-order valence-corrected chi connectivity index (χ1v) is 8.19. The summed E-state index contributed by atoms with van der Waals surface area (Å²) in [6.45, 7) is 1.74. The molecule has 5 nitrogen and oxygen atoms in total. The van der Waals surface area contributed by atoms with Crippen LogP contribution in [0.5, 0.6) is 0 Å². The van der Waals surface area contributed by atoms with Crippen molar-refractivity contribution < 1.29 is 4.79 Å². The van der Waals surface area contributed by atoms with Gasteiger partial charge in [-0.1, -0.05) is 35.5 Å². The molecule has 2 N–H and O–H groups in total. The van der Waals surface area contributed by atoms with Gasteiger partial charge >= 0.3 is 0 Å². The Labute approximate surface area is 150 Å². The van der Waals surface area contributed by atoms with E-state index in [-0.39, 0.29) is 24.4 Å². The van der Waals surface area contributed by atoms with Gasteiger partial charge in [0.25, 0.3) is 5.91 Å². The van der Waals surface area contributed by atoms with Crippen LogP contribution in [-0.2, 0) is 0 Å². The lowest BCUT2D eigenvalue weighted by Crippen LogP contribution is -2.36. The number of hydrogen-bond donors (Lipinski definition) is 2. The highest BCUT2D eigenvalue weighted by molar-refractivity contribution is 7.99. The van der Waals surface area contributed by atoms with Gasteiger partial charge in [0.1, 0.15) is 5.03 Å². The van der Waals surface area contributed by atoms with E-state index in [1.165, 1.54) is 11.8 Å². The summed E-state index contributed by atoms with van der Waals surface area (Å²) in [4.78, 5) is 13.0. The molecule has 2 heterocycles. The van der Waals surface area contributed by atoms with Crippen LogP contribution in [0.4, 0.5) is 0 Å². The summed E-state index contributed by atoms with van der Waals surface area (Å²) in [7, 11) is 0. The van der Waals surface area contributed by atoms with Crippen molar-refractivity contribution in [2.24, 2.45) is 0 Å². The fourth-order valence-corrected chi connectivity index (χ4v) is 3.18. The van der Waals surface area contributed by atoms with Crippen molar-refractivity contribution in [3.63, 3.8) is 0 Å². The zero-order valence-corrected chi connectivity index (χ0v) is 14.5. The molecule has 0 spiro atoms. The fraction of sp³-hybridized carbons (Fsp3) is 0.267. The van der Waals surface area contributed by atoms with Gasteiger partial charge in [-0.05, 0) is 37.2 Å². The Bertz CT molecular complexity index is 663. The number of halogens is 2. The summed E-state index contributed by atoms with van der Waals surface area (Å²) in [5.41, 5.74) is 0.329. The number of benzene rings is 1. The number of nitrogens with zero attached hydrogens (tertiary/aromatic N) is 2. The molecule has 1 saturated heterocycles. The monoisotopic (exact) mass is 370 g/mol. The Hall–Kier alpha value is -1.34. The molecule has 3 rings (SSSR count). The largest absolute Gasteiger partial charge is 0.347 e. The first kappa shape index (κ1) is 18.0. The molecule has 2 aromatic rings. The maximum Gasteiger partial charge on any atom is 0.272 e. The molecule has 1 aromatic heterocycles.